The fraction of sp³-hybridized carbons (Fsp3) is 0.857. The third-order valence-corrected chi connectivity index (χ3v) is 11.0. The van der Waals surface area contributed by atoms with Gasteiger partial charge < -0.3 is 0 Å². The summed E-state index contributed by atoms with van der Waals surface area (Å²) in [5.41, 5.74) is -4.15. The molecule has 4 amide bonds. The van der Waals surface area contributed by atoms with E-state index < -0.39 is 109 Å². The number of nitrogens with zero attached hydrogens (tertiary/aromatic N) is 1. The molecule has 5 fully saturated rings. The lowest BCUT2D eigenvalue weighted by Gasteiger charge is -2.52. The Balaban J connectivity index is 1.48. The first-order valence-electron chi connectivity index (χ1n) is 14.4. The van der Waals surface area contributed by atoms with E-state index in [-0.39, 0.29) is 24.7 Å². The van der Waals surface area contributed by atoms with Gasteiger partial charge in [0.1, 0.15) is 0 Å². The molecule has 3 aliphatic carbocycles. The van der Waals surface area contributed by atoms with Crippen molar-refractivity contribution in [1.82, 2.24) is 10.2 Å². The monoisotopic (exact) mass is 578 g/mol. The summed E-state index contributed by atoms with van der Waals surface area (Å²) in [7, 11) is 0. The second kappa shape index (κ2) is 9.71. The number of carbonyl (C=O) groups is 4. The zero-order chi connectivity index (χ0) is 29.5. The highest BCUT2D eigenvalue weighted by Crippen LogP contribution is 2.66. The van der Waals surface area contributed by atoms with Crippen LogP contribution in [-0.2, 0) is 19.2 Å². The Kier molecular flexibility index (Phi) is 7.13. The van der Waals surface area contributed by atoms with Crippen molar-refractivity contribution in [3.8, 4) is 0 Å². The Hall–Kier alpha value is -2.14. The van der Waals surface area contributed by atoms with E-state index in [0.29, 0.717) is 5.92 Å². The van der Waals surface area contributed by atoms with Gasteiger partial charge in [-0.25, -0.2) is 0 Å². The lowest BCUT2D eigenvalue weighted by molar-refractivity contribution is -0.383. The zero-order valence-corrected chi connectivity index (χ0v) is 22.8. The first kappa shape index (κ1) is 29.4. The summed E-state index contributed by atoms with van der Waals surface area (Å²) in [5, 5.41) is 2.05. The van der Waals surface area contributed by atoms with E-state index in [2.05, 4.69) is 6.92 Å². The molecule has 40 heavy (non-hydrogen) atoms. The molecule has 224 valence electrons. The molecule has 0 bridgehead atoms. The molecule has 0 aromatic carbocycles. The van der Waals surface area contributed by atoms with Crippen LogP contribution in [0.1, 0.15) is 72.1 Å². The largest absolute Gasteiger partial charge is 0.403 e. The molecule has 8 unspecified atom stereocenters. The summed E-state index contributed by atoms with van der Waals surface area (Å²) in [6.45, 7) is 5.94. The molecule has 12 heteroatoms. The molecule has 5 aliphatic rings. The molecule has 6 nitrogen and oxygen atoms in total. The number of alkyl halides is 6. The summed E-state index contributed by atoms with van der Waals surface area (Å²) in [6.07, 6.45) is -12.8. The van der Waals surface area contributed by atoms with Crippen molar-refractivity contribution in [2.24, 2.45) is 58.7 Å². The summed E-state index contributed by atoms with van der Waals surface area (Å²) in [5.74, 6) is -10.6. The van der Waals surface area contributed by atoms with Crippen LogP contribution in [0.5, 0.6) is 0 Å². The SMILES string of the molecule is CC1CC(C)C(N2C(=O)C3CCC(C(C4CCC5C(=O)NC(=O)C5C4)(C(F)(F)F)C(F)(F)F)CC3C2=O)C(C)C1. The molecule has 3 saturated carbocycles. The number of likely N-dealkylation sites (tertiary alicyclic amines) is 1. The van der Waals surface area contributed by atoms with E-state index >= 15 is 0 Å². The smallest absolute Gasteiger partial charge is 0.296 e. The van der Waals surface area contributed by atoms with Gasteiger partial charge >= 0.3 is 12.4 Å². The van der Waals surface area contributed by atoms with Crippen LogP contribution in [0, 0.1) is 58.7 Å². The highest BCUT2D eigenvalue weighted by Gasteiger charge is 2.78. The normalized spacial score (nSPS) is 41.2. The Labute approximate surface area is 229 Å². The van der Waals surface area contributed by atoms with Crippen molar-refractivity contribution in [3.63, 3.8) is 0 Å². The van der Waals surface area contributed by atoms with E-state index in [9.17, 15) is 45.5 Å². The summed E-state index contributed by atoms with van der Waals surface area (Å²) in [4.78, 5) is 52.6. The minimum absolute atomic E-state index is 0.0255. The Bertz CT molecular complexity index is 1060. The van der Waals surface area contributed by atoms with Crippen molar-refractivity contribution in [3.05, 3.63) is 0 Å². The fourth-order valence-corrected chi connectivity index (χ4v) is 9.54. The first-order valence-corrected chi connectivity index (χ1v) is 14.4. The van der Waals surface area contributed by atoms with Gasteiger partial charge in [-0.3, -0.25) is 29.4 Å². The number of carbonyl (C=O) groups excluding carboxylic acids is 4. The number of rotatable bonds is 3. The van der Waals surface area contributed by atoms with Gasteiger partial charge in [-0.15, -0.1) is 0 Å². The molecule has 0 spiro atoms. The number of imide groups is 2. The number of nitrogens with one attached hydrogen (secondary N) is 1. The van der Waals surface area contributed by atoms with Crippen molar-refractivity contribution < 1.29 is 45.5 Å². The Morgan fingerprint density at radius 2 is 1.07 bits per heavy atom. The van der Waals surface area contributed by atoms with E-state index in [4.69, 9.17) is 0 Å². The van der Waals surface area contributed by atoms with Gasteiger partial charge in [0, 0.05) is 12.0 Å². The Morgan fingerprint density at radius 3 is 1.60 bits per heavy atom. The van der Waals surface area contributed by atoms with Crippen molar-refractivity contribution in [1.29, 1.82) is 0 Å². The van der Waals surface area contributed by atoms with E-state index in [1.807, 2.05) is 19.2 Å². The van der Waals surface area contributed by atoms with Gasteiger partial charge in [0.05, 0.1) is 17.8 Å². The van der Waals surface area contributed by atoms with Gasteiger partial charge in [-0.2, -0.15) is 26.3 Å². The molecule has 8 atom stereocenters. The van der Waals surface area contributed by atoms with Gasteiger partial charge in [-0.1, -0.05) is 20.8 Å². The third kappa shape index (κ3) is 4.20. The minimum Gasteiger partial charge on any atom is -0.296 e. The quantitative estimate of drug-likeness (QED) is 0.366. The minimum atomic E-state index is -5.72. The topological polar surface area (TPSA) is 83.6 Å². The number of fused-ring (bicyclic) bond motifs is 2. The van der Waals surface area contributed by atoms with Crippen LogP contribution in [0.4, 0.5) is 26.3 Å². The maximum Gasteiger partial charge on any atom is 0.403 e. The zero-order valence-electron chi connectivity index (χ0n) is 22.8. The molecule has 1 N–H and O–H groups in total. The van der Waals surface area contributed by atoms with Crippen LogP contribution in [0.2, 0.25) is 0 Å². The standard InChI is InChI=1S/C28H36F6N2O4/c1-12-8-13(2)21(14(3)9-12)36-24(39)18-7-5-16(11-20(18)25(36)40)26(27(29,30)31,28(32,33)34)15-4-6-17-19(10-15)23(38)35-22(17)37/h12-21H,4-11H2,1-3H3,(H,35,37,38). The molecule has 2 heterocycles. The molecule has 0 aromatic rings. The van der Waals surface area contributed by atoms with Crippen molar-refractivity contribution >= 4 is 23.6 Å². The van der Waals surface area contributed by atoms with Gasteiger partial charge in [0.15, 0.2) is 5.41 Å². The van der Waals surface area contributed by atoms with Gasteiger partial charge in [-0.05, 0) is 81.0 Å². The average Bonchev–Trinajstić information content (AvgIpc) is 3.24. The predicted molar refractivity (Wildman–Crippen MR) is 129 cm³/mol. The Morgan fingerprint density at radius 1 is 0.625 bits per heavy atom. The molecule has 0 aromatic heterocycles. The third-order valence-electron chi connectivity index (χ3n) is 11.0. The molecule has 0 radical (unpaired) electrons. The second-order valence-corrected chi connectivity index (χ2v) is 13.2. The molecule has 2 saturated heterocycles. The summed E-state index contributed by atoms with van der Waals surface area (Å²) >= 11 is 0. The van der Waals surface area contributed by atoms with Crippen LogP contribution < -0.4 is 5.32 Å². The van der Waals surface area contributed by atoms with E-state index in [1.165, 1.54) is 4.90 Å². The average molecular weight is 579 g/mol. The lowest BCUT2D eigenvalue weighted by Crippen LogP contribution is -2.61. The lowest BCUT2D eigenvalue weighted by atomic mass is 9.54. The van der Waals surface area contributed by atoms with E-state index in [0.717, 1.165) is 12.8 Å². The first-order chi connectivity index (χ1) is 18.5. The number of hydrogen-bond donors (Lipinski definition) is 1. The summed E-state index contributed by atoms with van der Waals surface area (Å²) in [6, 6.07) is -0.427. The highest BCUT2D eigenvalue weighted by molar-refractivity contribution is 6.06. The van der Waals surface area contributed by atoms with Crippen LogP contribution in [-0.4, -0.2) is 46.9 Å². The van der Waals surface area contributed by atoms with Crippen molar-refractivity contribution in [2.75, 3.05) is 0 Å². The van der Waals surface area contributed by atoms with Crippen LogP contribution in [0.3, 0.4) is 0 Å². The second-order valence-electron chi connectivity index (χ2n) is 13.2. The number of hydrogen-bond acceptors (Lipinski definition) is 4. The molecular weight excluding hydrogens is 542 g/mol. The fourth-order valence-electron chi connectivity index (χ4n) is 9.54. The van der Waals surface area contributed by atoms with Gasteiger partial charge in [0.25, 0.3) is 0 Å². The maximum absolute atomic E-state index is 14.9. The predicted octanol–water partition coefficient (Wildman–Crippen LogP) is 5.26. The van der Waals surface area contributed by atoms with Crippen LogP contribution in [0.15, 0.2) is 0 Å². The number of amides is 4. The van der Waals surface area contributed by atoms with E-state index in [1.54, 1.807) is 0 Å². The molecular formula is C28H36F6N2O4. The van der Waals surface area contributed by atoms with Crippen molar-refractivity contribution in [2.45, 2.75) is 90.5 Å². The van der Waals surface area contributed by atoms with Crippen LogP contribution in [0.25, 0.3) is 0 Å². The van der Waals surface area contributed by atoms with Crippen LogP contribution >= 0.6 is 0 Å². The summed E-state index contributed by atoms with van der Waals surface area (Å²) < 4.78 is 89.6. The highest BCUT2D eigenvalue weighted by atomic mass is 19.4. The number of halogens is 6. The molecule has 2 aliphatic heterocycles. The molecule has 5 rings (SSSR count). The maximum atomic E-state index is 14.9. The van der Waals surface area contributed by atoms with Gasteiger partial charge in [0.2, 0.25) is 23.6 Å².